The molecular weight excluding hydrogens is 250 g/mol. The van der Waals surface area contributed by atoms with Crippen molar-refractivity contribution in [2.45, 2.75) is 26.3 Å². The molecule has 0 aliphatic rings. The first-order chi connectivity index (χ1) is 9.67. The van der Waals surface area contributed by atoms with Gasteiger partial charge in [-0.1, -0.05) is 43.4 Å². The van der Waals surface area contributed by atoms with Gasteiger partial charge in [0.1, 0.15) is 0 Å². The number of rotatable bonds is 7. The molecule has 0 fully saturated rings. The topological polar surface area (TPSA) is 72.3 Å². The lowest BCUT2D eigenvalue weighted by Crippen LogP contribution is -2.34. The van der Waals surface area contributed by atoms with Crippen molar-refractivity contribution in [3.63, 3.8) is 0 Å². The van der Waals surface area contributed by atoms with Crippen LogP contribution in [0.25, 0.3) is 0 Å². The minimum Gasteiger partial charge on any atom is -0.369 e. The van der Waals surface area contributed by atoms with Gasteiger partial charge in [0.25, 0.3) is 0 Å². The molecule has 20 heavy (non-hydrogen) atoms. The smallest absolute Gasteiger partial charge is 0.231 e. The second kappa shape index (κ2) is 9.13. The highest BCUT2D eigenvalue weighted by Crippen LogP contribution is 2.11. The van der Waals surface area contributed by atoms with E-state index >= 15 is 0 Å². The molecule has 0 aliphatic heterocycles. The Balaban J connectivity index is 2.83. The molecule has 4 heteroatoms. The van der Waals surface area contributed by atoms with Crippen LogP contribution in [0.2, 0.25) is 0 Å². The molecule has 0 unspecified atom stereocenters. The van der Waals surface area contributed by atoms with Crippen LogP contribution in [0.15, 0.2) is 24.3 Å². The molecule has 4 nitrogen and oxygen atoms in total. The van der Waals surface area contributed by atoms with E-state index in [-0.39, 0.29) is 12.5 Å². The van der Waals surface area contributed by atoms with Gasteiger partial charge in [-0.25, -0.2) is 0 Å². The molecule has 0 radical (unpaired) electrons. The van der Waals surface area contributed by atoms with Crippen molar-refractivity contribution in [3.8, 4) is 11.8 Å². The zero-order valence-electron chi connectivity index (χ0n) is 12.1. The summed E-state index contributed by atoms with van der Waals surface area (Å²) < 4.78 is 0. The molecule has 0 heterocycles. The molecule has 0 aromatic heterocycles. The number of benzene rings is 1. The number of amides is 1. The molecule has 108 valence electrons. The quantitative estimate of drug-likeness (QED) is 0.730. The fraction of sp³-hybridized carbons (Fsp3) is 0.438. The summed E-state index contributed by atoms with van der Waals surface area (Å²) in [7, 11) is 0. The Morgan fingerprint density at radius 1 is 1.35 bits per heavy atom. The number of nitrogens with two attached hydrogens (primary N) is 2. The molecule has 0 saturated carbocycles. The lowest BCUT2D eigenvalue weighted by atomic mass is 10.1. The number of hydrogen-bond donors (Lipinski definition) is 2. The fourth-order valence-corrected chi connectivity index (χ4v) is 1.98. The van der Waals surface area contributed by atoms with Crippen molar-refractivity contribution < 1.29 is 4.79 Å². The largest absolute Gasteiger partial charge is 0.369 e. The van der Waals surface area contributed by atoms with E-state index < -0.39 is 0 Å². The molecule has 1 rings (SSSR count). The number of unbranched alkanes of at least 4 members (excludes halogenated alkanes) is 1. The molecule has 1 aromatic rings. The van der Waals surface area contributed by atoms with Crippen molar-refractivity contribution in [2.24, 2.45) is 11.5 Å². The normalized spacial score (nSPS) is 10.2. The van der Waals surface area contributed by atoms with Crippen LogP contribution in [0.1, 0.15) is 30.9 Å². The maximum absolute atomic E-state index is 11.2. The van der Waals surface area contributed by atoms with E-state index in [0.717, 1.165) is 30.5 Å². The predicted molar refractivity (Wildman–Crippen MR) is 81.8 cm³/mol. The minimum absolute atomic E-state index is 0.276. The molecule has 0 aliphatic carbocycles. The van der Waals surface area contributed by atoms with Crippen molar-refractivity contribution in [3.05, 3.63) is 35.4 Å². The van der Waals surface area contributed by atoms with Crippen LogP contribution in [0.3, 0.4) is 0 Å². The summed E-state index contributed by atoms with van der Waals surface area (Å²) >= 11 is 0. The number of primary amides is 1. The molecular formula is C16H23N3O. The third-order valence-electron chi connectivity index (χ3n) is 2.94. The number of hydrogen-bond acceptors (Lipinski definition) is 3. The third kappa shape index (κ3) is 5.87. The highest BCUT2D eigenvalue weighted by atomic mass is 16.1. The van der Waals surface area contributed by atoms with Crippen LogP contribution in [0.4, 0.5) is 0 Å². The molecule has 1 amide bonds. The van der Waals surface area contributed by atoms with Crippen LogP contribution >= 0.6 is 0 Å². The monoisotopic (exact) mass is 273 g/mol. The van der Waals surface area contributed by atoms with Gasteiger partial charge in [0, 0.05) is 12.1 Å². The molecule has 0 saturated heterocycles. The fourth-order valence-electron chi connectivity index (χ4n) is 1.98. The molecule has 0 bridgehead atoms. The zero-order valence-corrected chi connectivity index (χ0v) is 12.1. The van der Waals surface area contributed by atoms with E-state index in [9.17, 15) is 4.79 Å². The lowest BCUT2D eigenvalue weighted by Gasteiger charge is -2.21. The minimum atomic E-state index is -0.299. The number of carbonyl (C=O) groups is 1. The molecule has 0 atom stereocenters. The summed E-state index contributed by atoms with van der Waals surface area (Å²) in [6, 6.07) is 7.93. The Morgan fingerprint density at radius 2 is 2.10 bits per heavy atom. The average Bonchev–Trinajstić information content (AvgIpc) is 2.43. The van der Waals surface area contributed by atoms with Gasteiger partial charge < -0.3 is 11.5 Å². The van der Waals surface area contributed by atoms with Crippen molar-refractivity contribution in [2.75, 3.05) is 19.6 Å². The average molecular weight is 273 g/mol. The van der Waals surface area contributed by atoms with E-state index in [1.54, 1.807) is 0 Å². The zero-order chi connectivity index (χ0) is 14.8. The summed E-state index contributed by atoms with van der Waals surface area (Å²) in [6.45, 7) is 4.29. The summed E-state index contributed by atoms with van der Waals surface area (Å²) in [5.41, 5.74) is 12.8. The maximum atomic E-state index is 11.2. The first-order valence-electron chi connectivity index (χ1n) is 6.94. The second-order valence-electron chi connectivity index (χ2n) is 4.69. The second-order valence-corrected chi connectivity index (χ2v) is 4.69. The first kappa shape index (κ1) is 16.2. The first-order valence-corrected chi connectivity index (χ1v) is 6.94. The van der Waals surface area contributed by atoms with Crippen LogP contribution in [0, 0.1) is 11.8 Å². The van der Waals surface area contributed by atoms with E-state index in [4.69, 9.17) is 11.5 Å². The van der Waals surface area contributed by atoms with E-state index in [2.05, 4.69) is 23.7 Å². The van der Waals surface area contributed by atoms with Gasteiger partial charge in [-0.2, -0.15) is 0 Å². The Hall–Kier alpha value is -1.83. The Morgan fingerprint density at radius 3 is 2.75 bits per heavy atom. The van der Waals surface area contributed by atoms with Crippen molar-refractivity contribution in [1.29, 1.82) is 0 Å². The molecule has 1 aromatic carbocycles. The summed E-state index contributed by atoms with van der Waals surface area (Å²) in [5.74, 6) is 5.64. The van der Waals surface area contributed by atoms with Crippen LogP contribution in [0.5, 0.6) is 0 Å². The Kier molecular flexibility index (Phi) is 7.41. The van der Waals surface area contributed by atoms with Crippen LogP contribution in [-0.4, -0.2) is 30.4 Å². The van der Waals surface area contributed by atoms with Crippen molar-refractivity contribution >= 4 is 5.91 Å². The third-order valence-corrected chi connectivity index (χ3v) is 2.94. The Labute approximate surface area is 121 Å². The number of nitrogens with zero attached hydrogens (tertiary/aromatic N) is 1. The van der Waals surface area contributed by atoms with Gasteiger partial charge in [0.05, 0.1) is 13.1 Å². The lowest BCUT2D eigenvalue weighted by molar-refractivity contribution is -0.119. The van der Waals surface area contributed by atoms with Gasteiger partial charge in [-0.05, 0) is 24.6 Å². The highest BCUT2D eigenvalue weighted by molar-refractivity contribution is 5.75. The summed E-state index contributed by atoms with van der Waals surface area (Å²) in [4.78, 5) is 13.2. The SMILES string of the molecule is CCCCN(CC(N)=O)Cc1ccccc1C#CCN. The Bertz CT molecular complexity index is 488. The van der Waals surface area contributed by atoms with Gasteiger partial charge in [-0.15, -0.1) is 0 Å². The van der Waals surface area contributed by atoms with E-state index in [1.807, 2.05) is 24.3 Å². The van der Waals surface area contributed by atoms with Gasteiger partial charge in [0.2, 0.25) is 5.91 Å². The van der Waals surface area contributed by atoms with Gasteiger partial charge >= 0.3 is 0 Å². The number of carbonyl (C=O) groups excluding carboxylic acids is 1. The molecule has 0 spiro atoms. The summed E-state index contributed by atoms with van der Waals surface area (Å²) in [5, 5.41) is 0. The highest BCUT2D eigenvalue weighted by Gasteiger charge is 2.10. The van der Waals surface area contributed by atoms with Gasteiger partial charge in [0.15, 0.2) is 0 Å². The predicted octanol–water partition coefficient (Wildman–Crippen LogP) is 1.08. The van der Waals surface area contributed by atoms with E-state index in [1.165, 1.54) is 0 Å². The molecule has 4 N–H and O–H groups in total. The van der Waals surface area contributed by atoms with Crippen LogP contribution in [-0.2, 0) is 11.3 Å². The maximum Gasteiger partial charge on any atom is 0.231 e. The van der Waals surface area contributed by atoms with Crippen molar-refractivity contribution in [1.82, 2.24) is 4.90 Å². The summed E-state index contributed by atoms with van der Waals surface area (Å²) in [6.07, 6.45) is 2.13. The van der Waals surface area contributed by atoms with E-state index in [0.29, 0.717) is 13.1 Å². The van der Waals surface area contributed by atoms with Crippen LogP contribution < -0.4 is 11.5 Å². The standard InChI is InChI=1S/C16H23N3O/c1-2-3-11-19(13-16(18)20)12-15-8-5-4-7-14(15)9-6-10-17/h4-5,7-8H,2-3,10-13,17H2,1H3,(H2,18,20). The van der Waals surface area contributed by atoms with Gasteiger partial charge in [-0.3, -0.25) is 9.69 Å².